The minimum atomic E-state index is -0.246. The fourth-order valence-corrected chi connectivity index (χ4v) is 4.83. The first-order valence-corrected chi connectivity index (χ1v) is 11.6. The molecule has 2 aromatic carbocycles. The van der Waals surface area contributed by atoms with Crippen molar-refractivity contribution in [2.24, 2.45) is 5.92 Å². The highest BCUT2D eigenvalue weighted by atomic mass is 35.5. The maximum atomic E-state index is 13.9. The van der Waals surface area contributed by atoms with Crippen LogP contribution in [0, 0.1) is 11.7 Å². The molecule has 1 amide bonds. The average Bonchev–Trinajstić information content (AvgIpc) is 3.73. The largest absolute Gasteiger partial charge is 0.329 e. The zero-order valence-electron chi connectivity index (χ0n) is 17.9. The predicted molar refractivity (Wildman–Crippen MR) is 124 cm³/mol. The van der Waals surface area contributed by atoms with Gasteiger partial charge in [0.1, 0.15) is 5.82 Å². The molecule has 164 valence electrons. The highest BCUT2D eigenvalue weighted by Crippen LogP contribution is 2.52. The number of benzene rings is 2. The number of halogens is 2. The standard InChI is InChI=1S/C27H26ClFN2O/c28-22-10-6-20(7-11-22)26(19-4-5-19)31(18-24-3-1-2-16-30-24)25(32)17-27(14-15-27)21-8-12-23(29)13-9-21/h1-3,6-13,16,19,26H,4-5,14-15,17-18H2/t26-/m1/s1. The van der Waals surface area contributed by atoms with E-state index in [1.807, 2.05) is 59.5 Å². The van der Waals surface area contributed by atoms with E-state index in [1.54, 1.807) is 6.20 Å². The molecule has 0 unspecified atom stereocenters. The minimum absolute atomic E-state index is 0.00536. The molecule has 0 saturated heterocycles. The van der Waals surface area contributed by atoms with E-state index in [0.717, 1.165) is 42.5 Å². The molecule has 0 N–H and O–H groups in total. The summed E-state index contributed by atoms with van der Waals surface area (Å²) >= 11 is 6.14. The number of nitrogens with zero attached hydrogens (tertiary/aromatic N) is 2. The Hall–Kier alpha value is -2.72. The summed E-state index contributed by atoms with van der Waals surface area (Å²) in [7, 11) is 0. The van der Waals surface area contributed by atoms with Crippen molar-refractivity contribution in [1.29, 1.82) is 0 Å². The van der Waals surface area contributed by atoms with Crippen molar-refractivity contribution in [3.05, 3.63) is 101 Å². The lowest BCUT2D eigenvalue weighted by molar-refractivity contribution is -0.135. The normalized spacial score (nSPS) is 17.6. The van der Waals surface area contributed by atoms with Gasteiger partial charge in [0, 0.05) is 23.1 Å². The van der Waals surface area contributed by atoms with Gasteiger partial charge >= 0.3 is 0 Å². The van der Waals surface area contributed by atoms with E-state index >= 15 is 0 Å². The van der Waals surface area contributed by atoms with Gasteiger partial charge < -0.3 is 4.90 Å². The van der Waals surface area contributed by atoms with Crippen molar-refractivity contribution in [3.63, 3.8) is 0 Å². The summed E-state index contributed by atoms with van der Waals surface area (Å²) in [5.41, 5.74) is 2.88. The molecule has 0 spiro atoms. The molecule has 2 saturated carbocycles. The van der Waals surface area contributed by atoms with Gasteiger partial charge in [-0.3, -0.25) is 9.78 Å². The molecule has 3 nitrogen and oxygen atoms in total. The fraction of sp³-hybridized carbons (Fsp3) is 0.333. The number of aromatic nitrogens is 1. The Bertz CT molecular complexity index is 1080. The van der Waals surface area contributed by atoms with E-state index < -0.39 is 0 Å². The molecule has 5 heteroatoms. The summed E-state index contributed by atoms with van der Waals surface area (Å²) in [6.07, 6.45) is 6.34. The second-order valence-electron chi connectivity index (χ2n) is 9.14. The number of pyridine rings is 1. The molecule has 0 aliphatic heterocycles. The van der Waals surface area contributed by atoms with Gasteiger partial charge in [0.05, 0.1) is 18.3 Å². The summed E-state index contributed by atoms with van der Waals surface area (Å²) in [5.74, 6) is 0.332. The van der Waals surface area contributed by atoms with Crippen molar-refractivity contribution >= 4 is 17.5 Å². The molecule has 0 radical (unpaired) electrons. The van der Waals surface area contributed by atoms with Crippen LogP contribution >= 0.6 is 11.6 Å². The molecule has 0 bridgehead atoms. The van der Waals surface area contributed by atoms with Crippen molar-refractivity contribution < 1.29 is 9.18 Å². The van der Waals surface area contributed by atoms with E-state index in [0.29, 0.717) is 23.9 Å². The molecular weight excluding hydrogens is 423 g/mol. The maximum absolute atomic E-state index is 13.9. The second kappa shape index (κ2) is 8.67. The fourth-order valence-electron chi connectivity index (χ4n) is 4.70. The van der Waals surface area contributed by atoms with Crippen LogP contribution in [0.15, 0.2) is 72.9 Å². The Morgan fingerprint density at radius 1 is 1.06 bits per heavy atom. The number of carbonyl (C=O) groups is 1. The Morgan fingerprint density at radius 3 is 2.38 bits per heavy atom. The first-order chi connectivity index (χ1) is 15.5. The molecule has 5 rings (SSSR count). The average molecular weight is 449 g/mol. The van der Waals surface area contributed by atoms with Gasteiger partial charge in [0.25, 0.3) is 0 Å². The van der Waals surface area contributed by atoms with Gasteiger partial charge in [-0.1, -0.05) is 41.9 Å². The topological polar surface area (TPSA) is 33.2 Å². The monoisotopic (exact) mass is 448 g/mol. The lowest BCUT2D eigenvalue weighted by atomic mass is 9.90. The Labute approximate surface area is 193 Å². The first-order valence-electron chi connectivity index (χ1n) is 11.2. The third kappa shape index (κ3) is 4.56. The van der Waals surface area contributed by atoms with E-state index in [1.165, 1.54) is 12.1 Å². The first kappa shape index (κ1) is 21.1. The molecular formula is C27H26ClFN2O. The van der Waals surface area contributed by atoms with Crippen molar-refractivity contribution in [1.82, 2.24) is 9.88 Å². The van der Waals surface area contributed by atoms with Gasteiger partial charge in [-0.25, -0.2) is 4.39 Å². The number of hydrogen-bond acceptors (Lipinski definition) is 2. The van der Waals surface area contributed by atoms with E-state index in [4.69, 9.17) is 11.6 Å². The van der Waals surface area contributed by atoms with Crippen molar-refractivity contribution in [2.45, 2.75) is 50.1 Å². The van der Waals surface area contributed by atoms with Crippen LogP contribution in [0.3, 0.4) is 0 Å². The minimum Gasteiger partial charge on any atom is -0.329 e. The van der Waals surface area contributed by atoms with Gasteiger partial charge in [-0.2, -0.15) is 0 Å². The zero-order valence-corrected chi connectivity index (χ0v) is 18.6. The summed E-state index contributed by atoms with van der Waals surface area (Å²) in [6, 6.07) is 20.3. The van der Waals surface area contributed by atoms with E-state index in [9.17, 15) is 9.18 Å². The quantitative estimate of drug-likeness (QED) is 0.395. The summed E-state index contributed by atoms with van der Waals surface area (Å²) in [5, 5.41) is 0.694. The number of hydrogen-bond donors (Lipinski definition) is 0. The third-order valence-electron chi connectivity index (χ3n) is 6.79. The van der Waals surface area contributed by atoms with Crippen LogP contribution in [0.2, 0.25) is 5.02 Å². The summed E-state index contributed by atoms with van der Waals surface area (Å²) < 4.78 is 13.5. The van der Waals surface area contributed by atoms with Gasteiger partial charge in [-0.05, 0) is 79.1 Å². The van der Waals surface area contributed by atoms with Crippen LogP contribution < -0.4 is 0 Å². The molecule has 2 aliphatic rings. The number of rotatable bonds is 8. The van der Waals surface area contributed by atoms with Crippen LogP contribution in [0.4, 0.5) is 4.39 Å². The molecule has 2 fully saturated rings. The second-order valence-corrected chi connectivity index (χ2v) is 9.58. The smallest absolute Gasteiger partial charge is 0.224 e. The summed E-state index contributed by atoms with van der Waals surface area (Å²) in [4.78, 5) is 20.4. The van der Waals surface area contributed by atoms with Crippen LogP contribution in [-0.2, 0) is 16.8 Å². The molecule has 1 heterocycles. The maximum Gasteiger partial charge on any atom is 0.224 e. The van der Waals surface area contributed by atoms with Crippen LogP contribution in [0.1, 0.15) is 55.0 Å². The number of amides is 1. The Kier molecular flexibility index (Phi) is 5.73. The molecule has 2 aliphatic carbocycles. The van der Waals surface area contributed by atoms with E-state index in [2.05, 4.69) is 4.98 Å². The predicted octanol–water partition coefficient (Wildman–Crippen LogP) is 6.48. The highest BCUT2D eigenvalue weighted by molar-refractivity contribution is 6.30. The number of carbonyl (C=O) groups excluding carboxylic acids is 1. The van der Waals surface area contributed by atoms with Gasteiger partial charge in [0.2, 0.25) is 5.91 Å². The summed E-state index contributed by atoms with van der Waals surface area (Å²) in [6.45, 7) is 0.475. The molecule has 32 heavy (non-hydrogen) atoms. The van der Waals surface area contributed by atoms with Crippen molar-refractivity contribution in [3.8, 4) is 0 Å². The molecule has 3 aromatic rings. The zero-order chi connectivity index (χ0) is 22.1. The molecule has 1 aromatic heterocycles. The molecule has 1 atom stereocenters. The van der Waals surface area contributed by atoms with Gasteiger partial charge in [-0.15, -0.1) is 0 Å². The van der Waals surface area contributed by atoms with Crippen molar-refractivity contribution in [2.75, 3.05) is 0 Å². The van der Waals surface area contributed by atoms with Gasteiger partial charge in [0.15, 0.2) is 0 Å². The van der Waals surface area contributed by atoms with Crippen LogP contribution in [-0.4, -0.2) is 15.8 Å². The van der Waals surface area contributed by atoms with Crippen LogP contribution in [0.5, 0.6) is 0 Å². The highest BCUT2D eigenvalue weighted by Gasteiger charge is 2.48. The SMILES string of the molecule is O=C(CC1(c2ccc(F)cc2)CC1)N(Cc1ccccn1)[C@@H](c1ccc(Cl)cc1)C1CC1. The Morgan fingerprint density at radius 2 is 1.78 bits per heavy atom. The van der Waals surface area contributed by atoms with Crippen LogP contribution in [0.25, 0.3) is 0 Å². The lowest BCUT2D eigenvalue weighted by Gasteiger charge is -2.34. The third-order valence-corrected chi connectivity index (χ3v) is 7.05. The van der Waals surface area contributed by atoms with E-state index in [-0.39, 0.29) is 23.2 Å². The Balaban J connectivity index is 1.45. The lowest BCUT2D eigenvalue weighted by Crippen LogP contribution is -2.37.